The summed E-state index contributed by atoms with van der Waals surface area (Å²) in [5.41, 5.74) is 9.36. The second kappa shape index (κ2) is 8.88. The van der Waals surface area contributed by atoms with Crippen LogP contribution < -0.4 is 20.9 Å². The lowest BCUT2D eigenvalue weighted by Crippen LogP contribution is -2.36. The number of rotatable bonds is 4. The predicted molar refractivity (Wildman–Crippen MR) is 124 cm³/mol. The van der Waals surface area contributed by atoms with Gasteiger partial charge in [0.1, 0.15) is 11.5 Å². The minimum absolute atomic E-state index is 0.00867. The highest BCUT2D eigenvalue weighted by Crippen LogP contribution is 2.30. The number of morpholine rings is 1. The summed E-state index contributed by atoms with van der Waals surface area (Å²) in [6.45, 7) is 3.29. The Labute approximate surface area is 187 Å². The van der Waals surface area contributed by atoms with Crippen molar-refractivity contribution < 1.29 is 9.47 Å². The third-order valence-corrected chi connectivity index (χ3v) is 6.41. The Morgan fingerprint density at radius 1 is 1.09 bits per heavy atom. The molecule has 2 fully saturated rings. The standard InChI is InChI=1S/C24H29N5O3/c1-28-15-26-21-14-20(16-2-6-18(7-3-16)29-10-12-31-13-11-29)27-23(22(21)24(28)30)32-19-8-4-17(25)5-9-19/h2-3,6-7,14-15,17,19H,4-5,8-13,25H2,1H3. The number of pyridine rings is 1. The monoisotopic (exact) mass is 435 g/mol. The number of anilines is 1. The van der Waals surface area contributed by atoms with Crippen molar-refractivity contribution in [3.8, 4) is 17.1 Å². The van der Waals surface area contributed by atoms with Crippen LogP contribution in [0.3, 0.4) is 0 Å². The quantitative estimate of drug-likeness (QED) is 0.673. The maximum atomic E-state index is 12.9. The van der Waals surface area contributed by atoms with Gasteiger partial charge in [0.2, 0.25) is 5.88 Å². The fraction of sp³-hybridized carbons (Fsp3) is 0.458. The summed E-state index contributed by atoms with van der Waals surface area (Å²) in [6.07, 6.45) is 5.12. The summed E-state index contributed by atoms with van der Waals surface area (Å²) >= 11 is 0. The average molecular weight is 436 g/mol. The van der Waals surface area contributed by atoms with Gasteiger partial charge >= 0.3 is 0 Å². The summed E-state index contributed by atoms with van der Waals surface area (Å²) < 4.78 is 13.2. The van der Waals surface area contributed by atoms with E-state index in [0.29, 0.717) is 16.8 Å². The molecule has 2 aromatic heterocycles. The molecule has 1 saturated carbocycles. The molecule has 1 aliphatic heterocycles. The molecule has 1 aromatic carbocycles. The zero-order valence-corrected chi connectivity index (χ0v) is 18.4. The molecule has 2 aliphatic rings. The summed E-state index contributed by atoms with van der Waals surface area (Å²) in [5, 5.41) is 0.429. The first-order chi connectivity index (χ1) is 15.6. The second-order valence-electron chi connectivity index (χ2n) is 8.67. The molecule has 8 nitrogen and oxygen atoms in total. The minimum atomic E-state index is -0.153. The average Bonchev–Trinajstić information content (AvgIpc) is 2.83. The van der Waals surface area contributed by atoms with Crippen LogP contribution in [0.1, 0.15) is 25.7 Å². The zero-order valence-electron chi connectivity index (χ0n) is 18.4. The molecule has 8 heteroatoms. The Hall–Kier alpha value is -2.97. The molecular weight excluding hydrogens is 406 g/mol. The molecule has 1 aliphatic carbocycles. The summed E-state index contributed by atoms with van der Waals surface area (Å²) in [6, 6.07) is 10.4. The molecule has 3 heterocycles. The van der Waals surface area contributed by atoms with Crippen molar-refractivity contribution in [3.05, 3.63) is 47.0 Å². The molecule has 168 valence electrons. The van der Waals surface area contributed by atoms with E-state index in [-0.39, 0.29) is 17.7 Å². The lowest BCUT2D eigenvalue weighted by Gasteiger charge is -2.29. The van der Waals surface area contributed by atoms with Crippen LogP contribution in [0.25, 0.3) is 22.2 Å². The lowest BCUT2D eigenvalue weighted by atomic mass is 9.94. The van der Waals surface area contributed by atoms with Crippen molar-refractivity contribution in [3.63, 3.8) is 0 Å². The van der Waals surface area contributed by atoms with Gasteiger partial charge in [-0.1, -0.05) is 12.1 Å². The van der Waals surface area contributed by atoms with Gasteiger partial charge in [0, 0.05) is 37.4 Å². The molecule has 5 rings (SSSR count). The molecule has 0 atom stereocenters. The highest BCUT2D eigenvalue weighted by Gasteiger charge is 2.23. The Morgan fingerprint density at radius 3 is 2.53 bits per heavy atom. The number of nitrogens with zero attached hydrogens (tertiary/aromatic N) is 4. The van der Waals surface area contributed by atoms with Crippen molar-refractivity contribution in [1.82, 2.24) is 14.5 Å². The van der Waals surface area contributed by atoms with E-state index < -0.39 is 0 Å². The van der Waals surface area contributed by atoms with E-state index in [1.54, 1.807) is 13.4 Å². The maximum Gasteiger partial charge on any atom is 0.266 e. The van der Waals surface area contributed by atoms with Crippen LogP contribution in [0.4, 0.5) is 5.69 Å². The molecule has 1 saturated heterocycles. The van der Waals surface area contributed by atoms with Crippen LogP contribution in [0, 0.1) is 0 Å². The minimum Gasteiger partial charge on any atom is -0.474 e. The molecule has 0 amide bonds. The van der Waals surface area contributed by atoms with E-state index >= 15 is 0 Å². The fourth-order valence-corrected chi connectivity index (χ4v) is 4.45. The number of fused-ring (bicyclic) bond motifs is 1. The fourth-order valence-electron chi connectivity index (χ4n) is 4.45. The van der Waals surface area contributed by atoms with Gasteiger partial charge in [-0.3, -0.25) is 4.79 Å². The third-order valence-electron chi connectivity index (χ3n) is 6.41. The van der Waals surface area contributed by atoms with Crippen LogP contribution in [0.2, 0.25) is 0 Å². The van der Waals surface area contributed by atoms with Crippen molar-refractivity contribution in [2.45, 2.75) is 37.8 Å². The molecular formula is C24H29N5O3. The molecule has 32 heavy (non-hydrogen) atoms. The Balaban J connectivity index is 1.50. The van der Waals surface area contributed by atoms with E-state index in [2.05, 4.69) is 34.1 Å². The van der Waals surface area contributed by atoms with Crippen LogP contribution in [0.15, 0.2) is 41.5 Å². The zero-order chi connectivity index (χ0) is 22.1. The summed E-state index contributed by atoms with van der Waals surface area (Å²) in [5.74, 6) is 0.365. The largest absolute Gasteiger partial charge is 0.474 e. The highest BCUT2D eigenvalue weighted by atomic mass is 16.5. The van der Waals surface area contributed by atoms with Gasteiger partial charge in [0.25, 0.3) is 5.56 Å². The van der Waals surface area contributed by atoms with Gasteiger partial charge in [-0.2, -0.15) is 0 Å². The number of aromatic nitrogens is 3. The van der Waals surface area contributed by atoms with Gasteiger partial charge in [0.05, 0.1) is 30.8 Å². The number of hydrogen-bond donors (Lipinski definition) is 1. The molecule has 0 unspecified atom stereocenters. The topological polar surface area (TPSA) is 95.5 Å². The third kappa shape index (κ3) is 4.20. The van der Waals surface area contributed by atoms with Crippen LogP contribution >= 0.6 is 0 Å². The van der Waals surface area contributed by atoms with E-state index in [1.807, 2.05) is 6.07 Å². The highest BCUT2D eigenvalue weighted by molar-refractivity contribution is 5.86. The SMILES string of the molecule is Cn1cnc2cc(-c3ccc(N4CCOCC4)cc3)nc(OC3CCC(N)CC3)c2c1=O. The van der Waals surface area contributed by atoms with Crippen LogP contribution in [-0.4, -0.2) is 53.0 Å². The molecule has 0 spiro atoms. The summed E-state index contributed by atoms with van der Waals surface area (Å²) in [7, 11) is 1.69. The smallest absolute Gasteiger partial charge is 0.266 e. The molecule has 0 radical (unpaired) electrons. The number of ether oxygens (including phenoxy) is 2. The van der Waals surface area contributed by atoms with E-state index in [0.717, 1.165) is 63.2 Å². The van der Waals surface area contributed by atoms with Crippen molar-refractivity contribution in [2.24, 2.45) is 12.8 Å². The van der Waals surface area contributed by atoms with E-state index in [9.17, 15) is 4.79 Å². The van der Waals surface area contributed by atoms with E-state index in [1.165, 1.54) is 10.3 Å². The Morgan fingerprint density at radius 2 is 1.81 bits per heavy atom. The van der Waals surface area contributed by atoms with E-state index in [4.69, 9.17) is 20.2 Å². The van der Waals surface area contributed by atoms with Crippen molar-refractivity contribution in [2.75, 3.05) is 31.2 Å². The number of benzene rings is 1. The van der Waals surface area contributed by atoms with Gasteiger partial charge in [-0.25, -0.2) is 9.97 Å². The molecule has 2 N–H and O–H groups in total. The number of hydrogen-bond acceptors (Lipinski definition) is 7. The Kier molecular flexibility index (Phi) is 5.80. The maximum absolute atomic E-state index is 12.9. The number of aryl methyl sites for hydroxylation is 1. The predicted octanol–water partition coefficient (Wildman–Crippen LogP) is 2.48. The second-order valence-corrected chi connectivity index (χ2v) is 8.67. The van der Waals surface area contributed by atoms with Gasteiger partial charge < -0.3 is 24.7 Å². The van der Waals surface area contributed by atoms with Crippen LogP contribution in [0.5, 0.6) is 5.88 Å². The normalized spacial score (nSPS) is 21.6. The van der Waals surface area contributed by atoms with Crippen molar-refractivity contribution in [1.29, 1.82) is 0 Å². The molecule has 3 aromatic rings. The lowest BCUT2D eigenvalue weighted by molar-refractivity contribution is 0.122. The number of nitrogens with two attached hydrogens (primary N) is 1. The van der Waals surface area contributed by atoms with Gasteiger partial charge in [-0.05, 0) is 43.9 Å². The van der Waals surface area contributed by atoms with Gasteiger partial charge in [0.15, 0.2) is 0 Å². The van der Waals surface area contributed by atoms with Crippen molar-refractivity contribution >= 4 is 16.6 Å². The summed E-state index contributed by atoms with van der Waals surface area (Å²) in [4.78, 5) is 24.5. The van der Waals surface area contributed by atoms with Gasteiger partial charge in [-0.15, -0.1) is 0 Å². The first kappa shape index (κ1) is 20.9. The first-order valence-electron chi connectivity index (χ1n) is 11.3. The first-order valence-corrected chi connectivity index (χ1v) is 11.3. The molecule has 0 bridgehead atoms. The van der Waals surface area contributed by atoms with Crippen LogP contribution in [-0.2, 0) is 11.8 Å². The Bertz CT molecular complexity index is 1150.